The van der Waals surface area contributed by atoms with Crippen molar-refractivity contribution in [1.82, 2.24) is 10.3 Å². The van der Waals surface area contributed by atoms with Crippen LogP contribution in [0.2, 0.25) is 0 Å². The van der Waals surface area contributed by atoms with Crippen LogP contribution in [0.1, 0.15) is 77.0 Å². The van der Waals surface area contributed by atoms with Gasteiger partial charge in [0.2, 0.25) is 17.5 Å². The minimum Gasteiger partial charge on any atom is -0.401 e. The van der Waals surface area contributed by atoms with Crippen molar-refractivity contribution in [3.05, 3.63) is 131 Å². The van der Waals surface area contributed by atoms with E-state index in [1.54, 1.807) is 14.0 Å². The van der Waals surface area contributed by atoms with Crippen molar-refractivity contribution in [2.75, 3.05) is 32.1 Å². The highest BCUT2D eigenvalue weighted by Gasteiger charge is 2.43. The van der Waals surface area contributed by atoms with Crippen molar-refractivity contribution < 1.29 is 14.2 Å². The molecule has 278 valence electrons. The summed E-state index contributed by atoms with van der Waals surface area (Å²) in [4.78, 5) is 24.2. The van der Waals surface area contributed by atoms with E-state index in [9.17, 15) is 9.59 Å². The van der Waals surface area contributed by atoms with E-state index in [2.05, 4.69) is 135 Å². The highest BCUT2D eigenvalue weighted by Crippen LogP contribution is 2.47. The number of allylic oxidation sites excluding steroid dienone is 5. The van der Waals surface area contributed by atoms with Gasteiger partial charge in [-0.2, -0.15) is 4.58 Å². The van der Waals surface area contributed by atoms with Gasteiger partial charge in [0.25, 0.3) is 0 Å². The number of nitrogens with zero attached hydrogens (tertiary/aromatic N) is 3. The number of benzene rings is 3. The lowest BCUT2D eigenvalue weighted by Gasteiger charge is -2.27. The molecule has 2 aliphatic rings. The Bertz CT molecular complexity index is 1780. The Morgan fingerprint density at radius 3 is 2.06 bits per heavy atom. The van der Waals surface area contributed by atoms with Crippen LogP contribution in [-0.2, 0) is 20.4 Å². The SMILES string of the molecule is CNC(=O)CN(N)/C=C(/C)N.C[N+]1=C(/C=C/C=C2/N(CCCCCC(N)=O)c3ccccc3C2(C)C)C(C)(C)c2ccccc21.Cc1ccccc1. The first-order chi connectivity index (χ1) is 24.6. The second-order valence-electron chi connectivity index (χ2n) is 14.4. The van der Waals surface area contributed by atoms with Gasteiger partial charge in [-0.25, -0.2) is 5.84 Å². The van der Waals surface area contributed by atoms with Crippen molar-refractivity contribution in [2.45, 2.75) is 78.1 Å². The molecule has 2 aliphatic heterocycles. The Hall–Kier alpha value is -5.15. The fraction of sp³-hybridized carbons (Fsp3) is 0.372. The molecule has 5 rings (SSSR count). The van der Waals surface area contributed by atoms with E-state index < -0.39 is 0 Å². The third kappa shape index (κ3) is 10.9. The number of hydrogen-bond donors (Lipinski definition) is 4. The monoisotopic (exact) mass is 706 g/mol. The maximum atomic E-state index is 11.1. The number of nitrogens with two attached hydrogens (primary N) is 3. The number of fused-ring (bicyclic) bond motifs is 2. The molecule has 0 fully saturated rings. The molecule has 2 heterocycles. The molecule has 0 aliphatic carbocycles. The molecular formula is C43H60N7O2+. The number of carbonyl (C=O) groups is 2. The van der Waals surface area contributed by atoms with Gasteiger partial charge in [0, 0.05) is 66.4 Å². The summed E-state index contributed by atoms with van der Waals surface area (Å²) in [6.07, 6.45) is 11.6. The molecule has 0 bridgehead atoms. The number of para-hydroxylation sites is 2. The zero-order valence-corrected chi connectivity index (χ0v) is 32.4. The molecular weight excluding hydrogens is 647 g/mol. The number of unbranched alkanes of at least 4 members (excludes halogenated alkanes) is 2. The lowest BCUT2D eigenvalue weighted by atomic mass is 9.81. The van der Waals surface area contributed by atoms with Crippen LogP contribution >= 0.6 is 0 Å². The van der Waals surface area contributed by atoms with Gasteiger partial charge >= 0.3 is 0 Å². The first-order valence-electron chi connectivity index (χ1n) is 18.0. The van der Waals surface area contributed by atoms with E-state index >= 15 is 0 Å². The van der Waals surface area contributed by atoms with E-state index in [0.717, 1.165) is 25.8 Å². The molecule has 7 N–H and O–H groups in total. The average Bonchev–Trinajstić information content (AvgIpc) is 3.43. The highest BCUT2D eigenvalue weighted by atomic mass is 16.2. The number of amides is 2. The summed E-state index contributed by atoms with van der Waals surface area (Å²) in [6.45, 7) is 14.1. The van der Waals surface area contributed by atoms with E-state index in [0.29, 0.717) is 12.1 Å². The Morgan fingerprint density at radius 1 is 0.865 bits per heavy atom. The highest BCUT2D eigenvalue weighted by molar-refractivity contribution is 6.03. The number of nitrogens with one attached hydrogen (secondary N) is 1. The number of aryl methyl sites for hydroxylation is 1. The molecule has 0 unspecified atom stereocenters. The Kier molecular flexibility index (Phi) is 15.0. The third-order valence-corrected chi connectivity index (χ3v) is 9.47. The number of carbonyl (C=O) groups excluding carboxylic acids is 2. The Labute approximate surface area is 311 Å². The van der Waals surface area contributed by atoms with Crippen LogP contribution in [0.4, 0.5) is 11.4 Å². The standard InChI is InChI=1S/C30H37N3O.C7H8.C6H14N4O/c1-29(2)22-14-8-10-16-24(22)32(5)26(29)18-13-19-27-30(3,4)23-15-9-11-17-25(23)33(27)21-12-6-7-20-28(31)34;1-7-5-3-2-4-6-7;1-5(7)3-10(8)4-6(11)9-2/h8-11,13-19H,6-7,12,20-21H2,1-5H3,(H-,31,34);2-6H,1H3;3H,4,7-8H2,1-2H3,(H,9,11)/p+1/b;;5-3-. The van der Waals surface area contributed by atoms with Gasteiger partial charge in [-0.1, -0.05) is 98.6 Å². The number of anilines is 1. The second-order valence-corrected chi connectivity index (χ2v) is 14.4. The molecule has 0 saturated carbocycles. The molecule has 0 aromatic heterocycles. The van der Waals surface area contributed by atoms with Crippen LogP contribution in [0.5, 0.6) is 0 Å². The minimum absolute atomic E-state index is 0.0331. The van der Waals surface area contributed by atoms with E-state index in [1.165, 1.54) is 50.7 Å². The Balaban J connectivity index is 0.000000331. The van der Waals surface area contributed by atoms with E-state index in [1.807, 2.05) is 18.2 Å². The first-order valence-corrected chi connectivity index (χ1v) is 18.0. The predicted octanol–water partition coefficient (Wildman–Crippen LogP) is 6.70. The first kappa shape index (κ1) is 41.3. The molecule has 0 radical (unpaired) electrons. The number of primary amides is 1. The zero-order valence-electron chi connectivity index (χ0n) is 32.4. The summed E-state index contributed by atoms with van der Waals surface area (Å²) < 4.78 is 2.31. The molecule has 2 amide bonds. The van der Waals surface area contributed by atoms with Crippen LogP contribution in [0.3, 0.4) is 0 Å². The minimum atomic E-state index is -0.210. The van der Waals surface area contributed by atoms with Gasteiger partial charge in [0.05, 0.1) is 5.41 Å². The van der Waals surface area contributed by atoms with Gasteiger partial charge in [-0.3, -0.25) is 9.59 Å². The summed E-state index contributed by atoms with van der Waals surface area (Å²) in [5.74, 6) is 5.01. The normalized spacial score (nSPS) is 16.1. The molecule has 0 atom stereocenters. The summed E-state index contributed by atoms with van der Waals surface area (Å²) in [5.41, 5.74) is 20.3. The molecule has 0 spiro atoms. The maximum absolute atomic E-state index is 11.1. The number of hydrogen-bond acceptors (Lipinski definition) is 6. The molecule has 0 saturated heterocycles. The molecule has 3 aromatic carbocycles. The van der Waals surface area contributed by atoms with Gasteiger partial charge < -0.3 is 26.7 Å². The lowest BCUT2D eigenvalue weighted by Crippen LogP contribution is -2.37. The molecule has 9 heteroatoms. The molecule has 3 aromatic rings. The number of likely N-dealkylation sites (N-methyl/N-ethyl adjacent to an activating group) is 1. The second kappa shape index (κ2) is 18.9. The predicted molar refractivity (Wildman–Crippen MR) is 216 cm³/mol. The van der Waals surface area contributed by atoms with Gasteiger partial charge in [0.15, 0.2) is 5.71 Å². The van der Waals surface area contributed by atoms with E-state index in [4.69, 9.17) is 17.3 Å². The summed E-state index contributed by atoms with van der Waals surface area (Å²) in [7, 11) is 3.71. The average molecular weight is 707 g/mol. The van der Waals surface area contributed by atoms with Gasteiger partial charge in [0.1, 0.15) is 13.6 Å². The van der Waals surface area contributed by atoms with Crippen LogP contribution in [0.25, 0.3) is 0 Å². The van der Waals surface area contributed by atoms with E-state index in [-0.39, 0.29) is 29.2 Å². The van der Waals surface area contributed by atoms with Crippen molar-refractivity contribution in [3.8, 4) is 0 Å². The van der Waals surface area contributed by atoms with Crippen molar-refractivity contribution >= 4 is 28.9 Å². The number of rotatable bonds is 11. The number of hydrazine groups is 1. The third-order valence-electron chi connectivity index (χ3n) is 9.47. The fourth-order valence-electron chi connectivity index (χ4n) is 6.75. The van der Waals surface area contributed by atoms with Gasteiger partial charge in [-0.15, -0.1) is 0 Å². The lowest BCUT2D eigenvalue weighted by molar-refractivity contribution is -0.401. The fourth-order valence-corrected chi connectivity index (χ4v) is 6.75. The molecule has 52 heavy (non-hydrogen) atoms. The van der Waals surface area contributed by atoms with Crippen molar-refractivity contribution in [2.24, 2.45) is 17.3 Å². The summed E-state index contributed by atoms with van der Waals surface area (Å²) in [5, 5.41) is 3.67. The van der Waals surface area contributed by atoms with Crippen molar-refractivity contribution in [1.29, 1.82) is 0 Å². The molecule has 9 nitrogen and oxygen atoms in total. The summed E-state index contributed by atoms with van der Waals surface area (Å²) >= 11 is 0. The van der Waals surface area contributed by atoms with Crippen molar-refractivity contribution in [3.63, 3.8) is 0 Å². The van der Waals surface area contributed by atoms with Crippen LogP contribution in [0.15, 0.2) is 115 Å². The van der Waals surface area contributed by atoms with Crippen LogP contribution < -0.4 is 27.5 Å². The summed E-state index contributed by atoms with van der Waals surface area (Å²) in [6, 6.07) is 27.7. The zero-order chi connectivity index (χ0) is 38.5. The van der Waals surface area contributed by atoms with Crippen LogP contribution in [-0.4, -0.2) is 54.3 Å². The largest absolute Gasteiger partial charge is 0.401 e. The maximum Gasteiger partial charge on any atom is 0.240 e. The smallest absolute Gasteiger partial charge is 0.240 e. The Morgan fingerprint density at radius 2 is 1.48 bits per heavy atom. The topological polar surface area (TPSA) is 134 Å². The van der Waals surface area contributed by atoms with Gasteiger partial charge in [-0.05, 0) is 58.2 Å². The van der Waals surface area contributed by atoms with Crippen LogP contribution in [0, 0.1) is 6.92 Å². The quantitative estimate of drug-likeness (QED) is 0.0760.